The van der Waals surface area contributed by atoms with Crippen LogP contribution in [0.5, 0.6) is 0 Å². The second kappa shape index (κ2) is 11.2. The summed E-state index contributed by atoms with van der Waals surface area (Å²) in [7, 11) is 1.31. The summed E-state index contributed by atoms with van der Waals surface area (Å²) in [6.07, 6.45) is 3.79. The van der Waals surface area contributed by atoms with E-state index < -0.39 is 36.3 Å². The first kappa shape index (κ1) is 24.4. The molecule has 2 aromatic carbocycles. The molecular weight excluding hydrogens is 448 g/mol. The van der Waals surface area contributed by atoms with Crippen molar-refractivity contribution in [3.8, 4) is 0 Å². The van der Waals surface area contributed by atoms with Crippen molar-refractivity contribution in [2.75, 3.05) is 25.2 Å². The normalized spacial score (nSPS) is 18.9. The van der Waals surface area contributed by atoms with E-state index in [0.717, 1.165) is 36.1 Å². The summed E-state index contributed by atoms with van der Waals surface area (Å²) in [5, 5.41) is 2.70. The molecule has 1 fully saturated rings. The summed E-state index contributed by atoms with van der Waals surface area (Å²) < 4.78 is 9.99. The summed E-state index contributed by atoms with van der Waals surface area (Å²) in [5.74, 6) is -2.35. The number of hydrogen-bond donors (Lipinski definition) is 1. The molecule has 184 valence electrons. The fourth-order valence-corrected chi connectivity index (χ4v) is 4.85. The number of nitrogens with zero attached hydrogens (tertiary/aromatic N) is 1. The SMILES string of the molecule is COC(=O)c1ccc(CNC(=O)COC(=O)C2CCCCC2C(=O)N2CCc3ccccc32)cc1. The van der Waals surface area contributed by atoms with E-state index in [-0.39, 0.29) is 12.5 Å². The fraction of sp³-hybridized carbons (Fsp3) is 0.407. The molecule has 2 aliphatic rings. The number of esters is 2. The highest BCUT2D eigenvalue weighted by molar-refractivity contribution is 5.99. The van der Waals surface area contributed by atoms with Crippen molar-refractivity contribution in [1.29, 1.82) is 0 Å². The van der Waals surface area contributed by atoms with Gasteiger partial charge in [-0.2, -0.15) is 0 Å². The van der Waals surface area contributed by atoms with Crippen LogP contribution < -0.4 is 10.2 Å². The molecule has 0 spiro atoms. The number of hydrogen-bond acceptors (Lipinski definition) is 6. The lowest BCUT2D eigenvalue weighted by molar-refractivity contribution is -0.157. The van der Waals surface area contributed by atoms with Crippen molar-refractivity contribution in [3.63, 3.8) is 0 Å². The minimum absolute atomic E-state index is 0.0311. The molecule has 1 saturated carbocycles. The Morgan fingerprint density at radius 3 is 2.43 bits per heavy atom. The average Bonchev–Trinajstić information content (AvgIpc) is 3.34. The van der Waals surface area contributed by atoms with Crippen LogP contribution in [0, 0.1) is 11.8 Å². The summed E-state index contributed by atoms with van der Waals surface area (Å²) in [5.41, 5.74) is 3.29. The van der Waals surface area contributed by atoms with Gasteiger partial charge in [0.1, 0.15) is 0 Å². The number of anilines is 1. The predicted octanol–water partition coefficient (Wildman–Crippen LogP) is 3.03. The Morgan fingerprint density at radius 1 is 0.971 bits per heavy atom. The molecule has 8 heteroatoms. The fourth-order valence-electron chi connectivity index (χ4n) is 4.85. The number of carbonyl (C=O) groups is 4. The van der Waals surface area contributed by atoms with E-state index in [4.69, 9.17) is 4.74 Å². The molecule has 1 aliphatic heterocycles. The summed E-state index contributed by atoms with van der Waals surface area (Å²) in [6.45, 7) is 0.458. The lowest BCUT2D eigenvalue weighted by atomic mass is 9.78. The Balaban J connectivity index is 1.29. The molecular formula is C27H30N2O6. The van der Waals surface area contributed by atoms with Crippen LogP contribution >= 0.6 is 0 Å². The topological polar surface area (TPSA) is 102 Å². The lowest BCUT2D eigenvalue weighted by Gasteiger charge is -2.32. The van der Waals surface area contributed by atoms with E-state index in [9.17, 15) is 19.2 Å². The Hall–Kier alpha value is -3.68. The van der Waals surface area contributed by atoms with E-state index in [1.807, 2.05) is 24.3 Å². The number of carbonyl (C=O) groups excluding carboxylic acids is 4. The number of rotatable bonds is 7. The van der Waals surface area contributed by atoms with Gasteiger partial charge in [-0.05, 0) is 48.6 Å². The van der Waals surface area contributed by atoms with Crippen LogP contribution in [0.2, 0.25) is 0 Å². The monoisotopic (exact) mass is 478 g/mol. The maximum Gasteiger partial charge on any atom is 0.337 e. The van der Waals surface area contributed by atoms with Crippen molar-refractivity contribution < 1.29 is 28.7 Å². The smallest absolute Gasteiger partial charge is 0.337 e. The van der Waals surface area contributed by atoms with Crippen LogP contribution in [0.15, 0.2) is 48.5 Å². The maximum atomic E-state index is 13.4. The number of para-hydroxylation sites is 1. The van der Waals surface area contributed by atoms with E-state index in [0.29, 0.717) is 24.9 Å². The number of methoxy groups -OCH3 is 1. The van der Waals surface area contributed by atoms with Crippen molar-refractivity contribution in [1.82, 2.24) is 5.32 Å². The number of ether oxygens (including phenoxy) is 2. The number of nitrogens with one attached hydrogen (secondary N) is 1. The van der Waals surface area contributed by atoms with Gasteiger partial charge in [0, 0.05) is 18.8 Å². The highest BCUT2D eigenvalue weighted by Gasteiger charge is 2.40. The van der Waals surface area contributed by atoms with Crippen molar-refractivity contribution in [3.05, 3.63) is 65.2 Å². The number of fused-ring (bicyclic) bond motifs is 1. The van der Waals surface area contributed by atoms with E-state index in [2.05, 4.69) is 10.1 Å². The molecule has 0 aromatic heterocycles. The van der Waals surface area contributed by atoms with Crippen molar-refractivity contribution in [2.24, 2.45) is 11.8 Å². The third kappa shape index (κ3) is 5.70. The van der Waals surface area contributed by atoms with Gasteiger partial charge in [-0.3, -0.25) is 14.4 Å². The van der Waals surface area contributed by atoms with Gasteiger partial charge in [0.15, 0.2) is 6.61 Å². The van der Waals surface area contributed by atoms with Crippen LogP contribution in [0.4, 0.5) is 5.69 Å². The largest absolute Gasteiger partial charge is 0.465 e. The van der Waals surface area contributed by atoms with Gasteiger partial charge in [0.2, 0.25) is 5.91 Å². The zero-order valence-corrected chi connectivity index (χ0v) is 19.8. The van der Waals surface area contributed by atoms with Gasteiger partial charge >= 0.3 is 11.9 Å². The quantitative estimate of drug-likeness (QED) is 0.614. The first-order chi connectivity index (χ1) is 17.0. The molecule has 0 bridgehead atoms. The summed E-state index contributed by atoms with van der Waals surface area (Å²) >= 11 is 0. The van der Waals surface area contributed by atoms with E-state index in [1.54, 1.807) is 29.2 Å². The second-order valence-electron chi connectivity index (χ2n) is 8.94. The molecule has 4 rings (SSSR count). The standard InChI is InChI=1S/C27H30N2O6/c1-34-26(32)20-12-10-18(11-13-20)16-28-24(30)17-35-27(33)22-8-4-3-7-21(22)25(31)29-15-14-19-6-2-5-9-23(19)29/h2,5-6,9-13,21-22H,3-4,7-8,14-17H2,1H3,(H,28,30). The lowest BCUT2D eigenvalue weighted by Crippen LogP contribution is -2.43. The number of amides is 2. The second-order valence-corrected chi connectivity index (χ2v) is 8.94. The number of benzene rings is 2. The molecule has 1 aliphatic carbocycles. The predicted molar refractivity (Wildman–Crippen MR) is 129 cm³/mol. The van der Waals surface area contributed by atoms with Gasteiger partial charge < -0.3 is 19.7 Å². The van der Waals surface area contributed by atoms with Crippen molar-refractivity contribution >= 4 is 29.4 Å². The van der Waals surface area contributed by atoms with Gasteiger partial charge in [0.05, 0.1) is 24.5 Å². The van der Waals surface area contributed by atoms with Crippen molar-refractivity contribution in [2.45, 2.75) is 38.6 Å². The summed E-state index contributed by atoms with van der Waals surface area (Å²) in [6, 6.07) is 14.5. The van der Waals surface area contributed by atoms with Crippen LogP contribution in [-0.2, 0) is 36.8 Å². The Morgan fingerprint density at radius 2 is 1.69 bits per heavy atom. The molecule has 8 nitrogen and oxygen atoms in total. The van der Waals surface area contributed by atoms with E-state index in [1.165, 1.54) is 7.11 Å². The van der Waals surface area contributed by atoms with Crippen LogP contribution in [0.1, 0.15) is 47.2 Å². The Kier molecular flexibility index (Phi) is 7.80. The first-order valence-corrected chi connectivity index (χ1v) is 12.0. The Labute approximate surface area is 204 Å². The zero-order chi connectivity index (χ0) is 24.8. The third-order valence-corrected chi connectivity index (χ3v) is 6.75. The Bertz CT molecular complexity index is 1100. The van der Waals surface area contributed by atoms with Gasteiger partial charge in [-0.25, -0.2) is 4.79 Å². The van der Waals surface area contributed by atoms with Gasteiger partial charge in [-0.15, -0.1) is 0 Å². The van der Waals surface area contributed by atoms with E-state index >= 15 is 0 Å². The highest BCUT2D eigenvalue weighted by Crippen LogP contribution is 2.36. The zero-order valence-electron chi connectivity index (χ0n) is 19.8. The molecule has 2 unspecified atom stereocenters. The molecule has 2 amide bonds. The molecule has 0 radical (unpaired) electrons. The molecule has 1 heterocycles. The summed E-state index contributed by atoms with van der Waals surface area (Å²) in [4.78, 5) is 51.8. The molecule has 35 heavy (non-hydrogen) atoms. The first-order valence-electron chi connectivity index (χ1n) is 12.0. The highest BCUT2D eigenvalue weighted by atomic mass is 16.5. The third-order valence-electron chi connectivity index (χ3n) is 6.75. The minimum Gasteiger partial charge on any atom is -0.465 e. The maximum absolute atomic E-state index is 13.4. The van der Waals surface area contributed by atoms with Gasteiger partial charge in [0.25, 0.3) is 5.91 Å². The average molecular weight is 479 g/mol. The minimum atomic E-state index is -0.539. The molecule has 1 N–H and O–H groups in total. The molecule has 2 atom stereocenters. The molecule has 0 saturated heterocycles. The van der Waals surface area contributed by atoms with Crippen LogP contribution in [-0.4, -0.2) is 44.0 Å². The molecule has 2 aromatic rings. The van der Waals surface area contributed by atoms with Crippen LogP contribution in [0.25, 0.3) is 0 Å². The van der Waals surface area contributed by atoms with Gasteiger partial charge in [-0.1, -0.05) is 43.2 Å². The van der Waals surface area contributed by atoms with Crippen LogP contribution in [0.3, 0.4) is 0 Å².